The summed E-state index contributed by atoms with van der Waals surface area (Å²) >= 11 is 13.6. The SMILES string of the molecule is Cc1ccc(N=C2S/C(=C\c3ccc(Cl)cc3Cl)C(=O)N2c2ccc(C)cc2)cc1. The van der Waals surface area contributed by atoms with Crippen LogP contribution in [0.3, 0.4) is 0 Å². The molecule has 0 bridgehead atoms. The molecular weight excluding hydrogens is 435 g/mol. The molecule has 1 aliphatic heterocycles. The molecule has 3 aromatic carbocycles. The van der Waals surface area contributed by atoms with Crippen molar-refractivity contribution in [2.24, 2.45) is 4.99 Å². The van der Waals surface area contributed by atoms with Crippen molar-refractivity contribution < 1.29 is 4.79 Å². The van der Waals surface area contributed by atoms with Crippen LogP contribution in [-0.2, 0) is 4.79 Å². The number of anilines is 1. The molecule has 1 aliphatic rings. The number of nitrogens with zero attached hydrogens (tertiary/aromatic N) is 2. The zero-order chi connectivity index (χ0) is 21.3. The van der Waals surface area contributed by atoms with Crippen molar-refractivity contribution in [1.82, 2.24) is 0 Å². The number of rotatable bonds is 3. The van der Waals surface area contributed by atoms with Crippen molar-refractivity contribution in [2.45, 2.75) is 13.8 Å². The van der Waals surface area contributed by atoms with Crippen molar-refractivity contribution in [3.05, 3.63) is 98.4 Å². The Labute approximate surface area is 190 Å². The lowest BCUT2D eigenvalue weighted by molar-refractivity contribution is -0.113. The molecule has 0 aromatic heterocycles. The summed E-state index contributed by atoms with van der Waals surface area (Å²) in [6.07, 6.45) is 1.78. The number of hydrogen-bond donors (Lipinski definition) is 0. The summed E-state index contributed by atoms with van der Waals surface area (Å²) in [5.41, 5.74) is 4.58. The summed E-state index contributed by atoms with van der Waals surface area (Å²) < 4.78 is 0. The van der Waals surface area contributed by atoms with E-state index in [1.165, 1.54) is 11.8 Å². The van der Waals surface area contributed by atoms with Crippen LogP contribution in [0.15, 0.2) is 76.6 Å². The number of hydrogen-bond acceptors (Lipinski definition) is 3. The molecule has 0 spiro atoms. The van der Waals surface area contributed by atoms with Gasteiger partial charge in [-0.1, -0.05) is 64.7 Å². The van der Waals surface area contributed by atoms with E-state index in [-0.39, 0.29) is 5.91 Å². The molecular formula is C24H18Cl2N2OS. The van der Waals surface area contributed by atoms with Crippen LogP contribution >= 0.6 is 35.0 Å². The van der Waals surface area contributed by atoms with E-state index in [4.69, 9.17) is 28.2 Å². The van der Waals surface area contributed by atoms with E-state index in [9.17, 15) is 4.79 Å². The van der Waals surface area contributed by atoms with E-state index in [2.05, 4.69) is 0 Å². The smallest absolute Gasteiger partial charge is 0.268 e. The molecule has 1 amide bonds. The number of carbonyl (C=O) groups excluding carboxylic acids is 1. The lowest BCUT2D eigenvalue weighted by atomic mass is 10.2. The quantitative estimate of drug-likeness (QED) is 0.387. The third-order valence-corrected chi connectivity index (χ3v) is 6.14. The Kier molecular flexibility index (Phi) is 6.00. The minimum absolute atomic E-state index is 0.138. The van der Waals surface area contributed by atoms with Crippen LogP contribution in [-0.4, -0.2) is 11.1 Å². The Morgan fingerprint density at radius 1 is 0.900 bits per heavy atom. The maximum absolute atomic E-state index is 13.3. The van der Waals surface area contributed by atoms with Crippen molar-refractivity contribution in [2.75, 3.05) is 4.90 Å². The predicted molar refractivity (Wildman–Crippen MR) is 129 cm³/mol. The van der Waals surface area contributed by atoms with Crippen molar-refractivity contribution in [3.63, 3.8) is 0 Å². The van der Waals surface area contributed by atoms with E-state index in [1.54, 1.807) is 29.2 Å². The molecule has 30 heavy (non-hydrogen) atoms. The van der Waals surface area contributed by atoms with Crippen molar-refractivity contribution in [3.8, 4) is 0 Å². The monoisotopic (exact) mass is 452 g/mol. The van der Waals surface area contributed by atoms with Gasteiger partial charge in [0, 0.05) is 10.0 Å². The van der Waals surface area contributed by atoms with E-state index in [0.29, 0.717) is 20.1 Å². The average Bonchev–Trinajstić information content (AvgIpc) is 3.01. The van der Waals surface area contributed by atoms with Gasteiger partial charge in [0.1, 0.15) is 0 Å². The van der Waals surface area contributed by atoms with E-state index < -0.39 is 0 Å². The number of carbonyl (C=O) groups is 1. The second kappa shape index (κ2) is 8.68. The average molecular weight is 453 g/mol. The van der Waals surface area contributed by atoms with Gasteiger partial charge in [-0.25, -0.2) is 4.99 Å². The highest BCUT2D eigenvalue weighted by Crippen LogP contribution is 2.38. The first-order chi connectivity index (χ1) is 14.4. The zero-order valence-corrected chi connectivity index (χ0v) is 18.7. The van der Waals surface area contributed by atoms with Crippen LogP contribution in [0, 0.1) is 13.8 Å². The molecule has 0 aliphatic carbocycles. The Morgan fingerprint density at radius 3 is 2.17 bits per heavy atom. The van der Waals surface area contributed by atoms with Crippen LogP contribution in [0.2, 0.25) is 10.0 Å². The fourth-order valence-electron chi connectivity index (χ4n) is 2.96. The number of amides is 1. The van der Waals surface area contributed by atoms with E-state index >= 15 is 0 Å². The highest BCUT2D eigenvalue weighted by Gasteiger charge is 2.34. The summed E-state index contributed by atoms with van der Waals surface area (Å²) in [5, 5.41) is 1.65. The van der Waals surface area contributed by atoms with Gasteiger partial charge in [-0.15, -0.1) is 0 Å². The minimum Gasteiger partial charge on any atom is -0.268 e. The molecule has 0 atom stereocenters. The largest absolute Gasteiger partial charge is 0.271 e. The maximum atomic E-state index is 13.3. The second-order valence-electron chi connectivity index (χ2n) is 6.98. The number of benzene rings is 3. The number of aryl methyl sites for hydroxylation is 2. The highest BCUT2D eigenvalue weighted by molar-refractivity contribution is 8.19. The third-order valence-electron chi connectivity index (χ3n) is 4.61. The first-order valence-corrected chi connectivity index (χ1v) is 10.9. The standard InChI is InChI=1S/C24H18Cl2N2OS/c1-15-3-9-19(10-4-15)27-24-28(20-11-5-16(2)6-12-20)23(29)22(30-24)13-17-7-8-18(25)14-21(17)26/h3-14H,1-2H3/b22-13-,27-24?. The van der Waals surface area contributed by atoms with Crippen LogP contribution in [0.1, 0.15) is 16.7 Å². The van der Waals surface area contributed by atoms with Gasteiger partial charge in [0.15, 0.2) is 5.17 Å². The van der Waals surface area contributed by atoms with Crippen molar-refractivity contribution in [1.29, 1.82) is 0 Å². The number of aliphatic imine (C=N–C) groups is 1. The fourth-order valence-corrected chi connectivity index (χ4v) is 4.41. The zero-order valence-electron chi connectivity index (χ0n) is 16.4. The fraction of sp³-hybridized carbons (Fsp3) is 0.0833. The van der Waals surface area contributed by atoms with Crippen molar-refractivity contribution >= 4 is 63.5 Å². The number of halogens is 2. The maximum Gasteiger partial charge on any atom is 0.271 e. The summed E-state index contributed by atoms with van der Waals surface area (Å²) in [4.78, 5) is 20.2. The minimum atomic E-state index is -0.138. The van der Waals surface area contributed by atoms with E-state index in [1.807, 2.05) is 62.4 Å². The highest BCUT2D eigenvalue weighted by atomic mass is 35.5. The Balaban J connectivity index is 1.78. The third kappa shape index (κ3) is 4.46. The molecule has 1 saturated heterocycles. The second-order valence-corrected chi connectivity index (χ2v) is 8.84. The van der Waals surface area contributed by atoms with Gasteiger partial charge in [-0.3, -0.25) is 9.69 Å². The van der Waals surface area contributed by atoms with Gasteiger partial charge < -0.3 is 0 Å². The molecule has 0 N–H and O–H groups in total. The molecule has 3 aromatic rings. The number of thioether (sulfide) groups is 1. The first-order valence-electron chi connectivity index (χ1n) is 9.32. The Morgan fingerprint density at radius 2 is 1.53 bits per heavy atom. The number of amidine groups is 1. The molecule has 1 fully saturated rings. The Hall–Kier alpha value is -2.53. The first kappa shape index (κ1) is 20.7. The molecule has 0 saturated carbocycles. The lowest BCUT2D eigenvalue weighted by Crippen LogP contribution is -2.28. The van der Waals surface area contributed by atoms with Crippen LogP contribution in [0.4, 0.5) is 11.4 Å². The molecule has 6 heteroatoms. The molecule has 0 unspecified atom stereocenters. The molecule has 4 rings (SSSR count). The van der Waals surface area contributed by atoms with Crippen LogP contribution in [0.5, 0.6) is 0 Å². The van der Waals surface area contributed by atoms with Crippen LogP contribution < -0.4 is 4.90 Å². The lowest BCUT2D eigenvalue weighted by Gasteiger charge is -2.16. The van der Waals surface area contributed by atoms with Gasteiger partial charge in [0.05, 0.1) is 16.3 Å². The van der Waals surface area contributed by atoms with Gasteiger partial charge in [-0.2, -0.15) is 0 Å². The molecule has 1 heterocycles. The van der Waals surface area contributed by atoms with Crippen LogP contribution in [0.25, 0.3) is 6.08 Å². The summed E-state index contributed by atoms with van der Waals surface area (Å²) in [5.74, 6) is -0.138. The van der Waals surface area contributed by atoms with Gasteiger partial charge >= 0.3 is 0 Å². The normalized spacial score (nSPS) is 16.7. The molecule has 3 nitrogen and oxygen atoms in total. The van der Waals surface area contributed by atoms with Gasteiger partial charge in [0.25, 0.3) is 5.91 Å². The summed E-state index contributed by atoms with van der Waals surface area (Å²) in [7, 11) is 0. The van der Waals surface area contributed by atoms with Gasteiger partial charge in [0.2, 0.25) is 0 Å². The summed E-state index contributed by atoms with van der Waals surface area (Å²) in [6, 6.07) is 20.9. The van der Waals surface area contributed by atoms with Gasteiger partial charge in [-0.05, 0) is 73.6 Å². The van der Waals surface area contributed by atoms with E-state index in [0.717, 1.165) is 28.1 Å². The molecule has 0 radical (unpaired) electrons. The molecule has 150 valence electrons. The Bertz CT molecular complexity index is 1170. The topological polar surface area (TPSA) is 32.7 Å². The summed E-state index contributed by atoms with van der Waals surface area (Å²) in [6.45, 7) is 4.04. The predicted octanol–water partition coefficient (Wildman–Crippen LogP) is 7.42.